The number of methoxy groups -OCH3 is 2. The third-order valence-corrected chi connectivity index (χ3v) is 5.09. The Hall–Kier alpha value is -1.80. The minimum Gasteiger partial charge on any atom is -0.493 e. The van der Waals surface area contributed by atoms with Crippen molar-refractivity contribution in [2.45, 2.75) is 32.9 Å². The van der Waals surface area contributed by atoms with Crippen molar-refractivity contribution in [3.8, 4) is 11.5 Å². The molecule has 0 spiro atoms. The first kappa shape index (κ1) is 20.2. The van der Waals surface area contributed by atoms with Crippen molar-refractivity contribution >= 4 is 15.9 Å². The fourth-order valence-electron chi connectivity index (χ4n) is 2.19. The van der Waals surface area contributed by atoms with E-state index >= 15 is 0 Å². The molecule has 0 saturated carbocycles. The number of sulfonamides is 1. The minimum absolute atomic E-state index is 0.193. The molecule has 1 rings (SSSR count). The quantitative estimate of drug-likeness (QED) is 0.721. The molecule has 0 radical (unpaired) electrons. The molecular formula is C16H26N2O5S. The van der Waals surface area contributed by atoms with Crippen molar-refractivity contribution in [1.29, 1.82) is 0 Å². The summed E-state index contributed by atoms with van der Waals surface area (Å²) in [6.45, 7) is 3.74. The number of carbonyl (C=O) groups is 1. The first-order valence-corrected chi connectivity index (χ1v) is 9.52. The van der Waals surface area contributed by atoms with Crippen molar-refractivity contribution in [2.24, 2.45) is 0 Å². The highest BCUT2D eigenvalue weighted by atomic mass is 32.2. The Morgan fingerprint density at radius 2 is 1.88 bits per heavy atom. The van der Waals surface area contributed by atoms with Crippen LogP contribution in [0.1, 0.15) is 25.8 Å². The lowest BCUT2D eigenvalue weighted by molar-refractivity contribution is -0.121. The molecule has 7 nitrogen and oxygen atoms in total. The van der Waals surface area contributed by atoms with Crippen LogP contribution >= 0.6 is 0 Å². The molecule has 1 atom stereocenters. The lowest BCUT2D eigenvalue weighted by Crippen LogP contribution is -2.44. The molecule has 0 heterocycles. The van der Waals surface area contributed by atoms with E-state index in [2.05, 4.69) is 5.32 Å². The molecule has 1 N–H and O–H groups in total. The molecule has 1 unspecified atom stereocenters. The van der Waals surface area contributed by atoms with Gasteiger partial charge in [-0.1, -0.05) is 13.0 Å². The maximum atomic E-state index is 12.1. The van der Waals surface area contributed by atoms with Gasteiger partial charge in [0.1, 0.15) is 0 Å². The lowest BCUT2D eigenvalue weighted by Gasteiger charge is -2.25. The van der Waals surface area contributed by atoms with E-state index in [1.165, 1.54) is 11.4 Å². The van der Waals surface area contributed by atoms with Gasteiger partial charge in [0, 0.05) is 12.6 Å². The van der Waals surface area contributed by atoms with Crippen molar-refractivity contribution in [3.63, 3.8) is 0 Å². The Bertz CT molecular complexity index is 660. The number of rotatable bonds is 9. The van der Waals surface area contributed by atoms with Gasteiger partial charge in [-0.05, 0) is 31.0 Å². The van der Waals surface area contributed by atoms with Crippen LogP contribution in [0.15, 0.2) is 18.2 Å². The smallest absolute Gasteiger partial charge is 0.235 e. The highest BCUT2D eigenvalue weighted by molar-refractivity contribution is 7.88. The molecule has 24 heavy (non-hydrogen) atoms. The van der Waals surface area contributed by atoms with Crippen LogP contribution in [0, 0.1) is 0 Å². The second-order valence-corrected chi connectivity index (χ2v) is 7.47. The van der Waals surface area contributed by atoms with E-state index in [0.29, 0.717) is 17.9 Å². The van der Waals surface area contributed by atoms with Crippen molar-refractivity contribution in [2.75, 3.05) is 27.0 Å². The fourth-order valence-corrected chi connectivity index (χ4v) is 3.35. The first-order chi connectivity index (χ1) is 11.2. The van der Waals surface area contributed by atoms with E-state index in [1.807, 2.05) is 13.0 Å². The molecule has 0 aliphatic heterocycles. The summed E-state index contributed by atoms with van der Waals surface area (Å²) in [5.74, 6) is 0.824. The second kappa shape index (κ2) is 8.89. The predicted octanol–water partition coefficient (Wildman–Crippen LogP) is 1.38. The largest absolute Gasteiger partial charge is 0.493 e. The Labute approximate surface area is 144 Å². The molecule has 0 aliphatic carbocycles. The summed E-state index contributed by atoms with van der Waals surface area (Å²) in [7, 11) is -0.350. The van der Waals surface area contributed by atoms with E-state index in [1.54, 1.807) is 26.2 Å². The van der Waals surface area contributed by atoms with Gasteiger partial charge in [0.25, 0.3) is 0 Å². The van der Waals surface area contributed by atoms with Gasteiger partial charge in [-0.15, -0.1) is 0 Å². The Balaban J connectivity index is 2.72. The van der Waals surface area contributed by atoms with Gasteiger partial charge < -0.3 is 14.8 Å². The van der Waals surface area contributed by atoms with E-state index in [0.717, 1.165) is 11.8 Å². The van der Waals surface area contributed by atoms with Gasteiger partial charge in [-0.25, -0.2) is 8.42 Å². The molecule has 0 fully saturated rings. The molecule has 1 aromatic rings. The fraction of sp³-hybridized carbons (Fsp3) is 0.562. The van der Waals surface area contributed by atoms with Gasteiger partial charge in [0.2, 0.25) is 15.9 Å². The van der Waals surface area contributed by atoms with Crippen LogP contribution in [-0.2, 0) is 21.4 Å². The maximum Gasteiger partial charge on any atom is 0.235 e. The van der Waals surface area contributed by atoms with Crippen molar-refractivity contribution in [3.05, 3.63) is 23.8 Å². The van der Waals surface area contributed by atoms with Crippen molar-refractivity contribution < 1.29 is 22.7 Å². The summed E-state index contributed by atoms with van der Waals surface area (Å²) >= 11 is 0. The van der Waals surface area contributed by atoms with Crippen LogP contribution in [0.4, 0.5) is 0 Å². The van der Waals surface area contributed by atoms with Gasteiger partial charge in [-0.3, -0.25) is 4.79 Å². The number of benzene rings is 1. The van der Waals surface area contributed by atoms with E-state index in [-0.39, 0.29) is 25.0 Å². The van der Waals surface area contributed by atoms with Gasteiger partial charge >= 0.3 is 0 Å². The van der Waals surface area contributed by atoms with Gasteiger partial charge in [0.15, 0.2) is 11.5 Å². The van der Waals surface area contributed by atoms with Crippen LogP contribution in [-0.4, -0.2) is 51.7 Å². The Morgan fingerprint density at radius 3 is 2.38 bits per heavy atom. The molecule has 0 aromatic heterocycles. The second-order valence-electron chi connectivity index (χ2n) is 5.53. The Kier molecular flexibility index (Phi) is 7.50. The molecule has 136 valence electrons. The number of amides is 1. The zero-order valence-corrected chi connectivity index (χ0v) is 15.6. The average Bonchev–Trinajstić information content (AvgIpc) is 2.55. The third kappa shape index (κ3) is 5.68. The molecular weight excluding hydrogens is 332 g/mol. The molecule has 0 bridgehead atoms. The normalized spacial score (nSPS) is 12.8. The van der Waals surface area contributed by atoms with Crippen LogP contribution in [0.2, 0.25) is 0 Å². The zero-order chi connectivity index (χ0) is 18.3. The lowest BCUT2D eigenvalue weighted by atomic mass is 10.2. The Morgan fingerprint density at radius 1 is 1.25 bits per heavy atom. The topological polar surface area (TPSA) is 84.9 Å². The maximum absolute atomic E-state index is 12.1. The predicted molar refractivity (Wildman–Crippen MR) is 92.7 cm³/mol. The molecule has 0 saturated heterocycles. The zero-order valence-electron chi connectivity index (χ0n) is 14.8. The van der Waals surface area contributed by atoms with E-state index < -0.39 is 10.0 Å². The number of hydrogen-bond donors (Lipinski definition) is 1. The molecule has 1 aromatic carbocycles. The number of nitrogens with zero attached hydrogens (tertiary/aromatic N) is 1. The van der Waals surface area contributed by atoms with Crippen LogP contribution < -0.4 is 14.8 Å². The van der Waals surface area contributed by atoms with E-state index in [4.69, 9.17) is 9.47 Å². The van der Waals surface area contributed by atoms with E-state index in [9.17, 15) is 13.2 Å². The molecule has 1 amide bonds. The van der Waals surface area contributed by atoms with Crippen LogP contribution in [0.3, 0.4) is 0 Å². The van der Waals surface area contributed by atoms with Gasteiger partial charge in [0.05, 0.1) is 27.0 Å². The van der Waals surface area contributed by atoms with Crippen LogP contribution in [0.25, 0.3) is 0 Å². The highest BCUT2D eigenvalue weighted by Gasteiger charge is 2.24. The molecule has 0 aliphatic rings. The standard InChI is InChI=1S/C16H26N2O5S/c1-6-12(2)18(24(5,20)21)11-16(19)17-10-13-7-8-14(22-3)15(9-13)23-4/h7-9,12H,6,10-11H2,1-5H3,(H,17,19). The number of carbonyl (C=O) groups excluding carboxylic acids is 1. The number of hydrogen-bond acceptors (Lipinski definition) is 5. The van der Waals surface area contributed by atoms with Crippen molar-refractivity contribution in [1.82, 2.24) is 9.62 Å². The first-order valence-electron chi connectivity index (χ1n) is 7.67. The summed E-state index contributed by atoms with van der Waals surface area (Å²) < 4.78 is 35.2. The third-order valence-electron chi connectivity index (χ3n) is 3.75. The van der Waals surface area contributed by atoms with Gasteiger partial charge in [-0.2, -0.15) is 4.31 Å². The summed E-state index contributed by atoms with van der Waals surface area (Å²) in [5, 5.41) is 2.73. The minimum atomic E-state index is -3.44. The SMILES string of the molecule is CCC(C)N(CC(=O)NCc1ccc(OC)c(OC)c1)S(C)(=O)=O. The highest BCUT2D eigenvalue weighted by Crippen LogP contribution is 2.27. The average molecular weight is 358 g/mol. The summed E-state index contributed by atoms with van der Waals surface area (Å²) in [6, 6.07) is 5.10. The molecule has 8 heteroatoms. The summed E-state index contributed by atoms with van der Waals surface area (Å²) in [5.41, 5.74) is 0.829. The summed E-state index contributed by atoms with van der Waals surface area (Å²) in [4.78, 5) is 12.1. The number of ether oxygens (including phenoxy) is 2. The number of nitrogens with one attached hydrogen (secondary N) is 1. The summed E-state index contributed by atoms with van der Waals surface area (Å²) in [6.07, 6.45) is 1.75. The van der Waals surface area contributed by atoms with Crippen LogP contribution in [0.5, 0.6) is 11.5 Å². The monoisotopic (exact) mass is 358 g/mol.